The van der Waals surface area contributed by atoms with Crippen molar-refractivity contribution in [2.75, 3.05) is 32.7 Å². The van der Waals surface area contributed by atoms with Gasteiger partial charge in [0.25, 0.3) is 0 Å². The highest BCUT2D eigenvalue weighted by molar-refractivity contribution is 5.80. The van der Waals surface area contributed by atoms with E-state index in [9.17, 15) is 0 Å². The van der Waals surface area contributed by atoms with E-state index >= 15 is 0 Å². The van der Waals surface area contributed by atoms with Crippen molar-refractivity contribution in [2.45, 2.75) is 33.5 Å². The molecule has 0 saturated carbocycles. The van der Waals surface area contributed by atoms with Crippen LogP contribution in [0.2, 0.25) is 0 Å². The van der Waals surface area contributed by atoms with Gasteiger partial charge in [0.05, 0.1) is 12.2 Å². The minimum Gasteiger partial charge on any atom is -0.364 e. The Labute approximate surface area is 183 Å². The molecule has 8 nitrogen and oxygen atoms in total. The van der Waals surface area contributed by atoms with Gasteiger partial charge in [0.15, 0.2) is 5.96 Å². The van der Waals surface area contributed by atoms with Crippen LogP contribution < -0.4 is 5.32 Å². The van der Waals surface area contributed by atoms with Crippen molar-refractivity contribution in [1.82, 2.24) is 29.8 Å². The van der Waals surface area contributed by atoms with Crippen molar-refractivity contribution >= 4 is 5.96 Å². The van der Waals surface area contributed by atoms with E-state index in [0.717, 1.165) is 63.3 Å². The number of nitrogens with one attached hydrogen (secondary N) is 1. The van der Waals surface area contributed by atoms with Gasteiger partial charge in [0.2, 0.25) is 0 Å². The highest BCUT2D eigenvalue weighted by Crippen LogP contribution is 2.11. The summed E-state index contributed by atoms with van der Waals surface area (Å²) in [5, 5.41) is 7.48. The summed E-state index contributed by atoms with van der Waals surface area (Å²) in [5.41, 5.74) is 3.47. The Morgan fingerprint density at radius 1 is 1.13 bits per heavy atom. The third kappa shape index (κ3) is 5.73. The molecule has 1 saturated heterocycles. The minimum absolute atomic E-state index is 0.665. The van der Waals surface area contributed by atoms with E-state index in [4.69, 9.17) is 9.52 Å². The monoisotopic (exact) mass is 421 g/mol. The largest absolute Gasteiger partial charge is 0.364 e. The fraction of sp³-hybridized carbons (Fsp3) is 0.435. The van der Waals surface area contributed by atoms with Gasteiger partial charge in [-0.25, -0.2) is 9.98 Å². The van der Waals surface area contributed by atoms with Gasteiger partial charge in [0, 0.05) is 64.3 Å². The van der Waals surface area contributed by atoms with Crippen molar-refractivity contribution < 1.29 is 4.52 Å². The second-order valence-electron chi connectivity index (χ2n) is 7.85. The van der Waals surface area contributed by atoms with Gasteiger partial charge < -0.3 is 19.3 Å². The molecule has 0 radical (unpaired) electrons. The molecule has 1 N–H and O–H groups in total. The second kappa shape index (κ2) is 10.3. The summed E-state index contributed by atoms with van der Waals surface area (Å²) in [7, 11) is 0. The van der Waals surface area contributed by atoms with Crippen molar-refractivity contribution in [2.24, 2.45) is 4.99 Å². The number of hydrogen-bond acceptors (Lipinski definition) is 5. The zero-order valence-corrected chi connectivity index (χ0v) is 18.4. The smallest absolute Gasteiger partial charge is 0.194 e. The Kier molecular flexibility index (Phi) is 6.99. The van der Waals surface area contributed by atoms with Crippen molar-refractivity contribution in [1.29, 1.82) is 0 Å². The molecule has 0 unspecified atom stereocenters. The SMILES string of the molecule is CCNC(=NCc1cccc(Cn2ccnc2C)c1)N1CCN(Cc2ccon2)CC1. The number of piperazine rings is 1. The zero-order chi connectivity index (χ0) is 21.5. The summed E-state index contributed by atoms with van der Waals surface area (Å²) in [6.45, 7) is 11.2. The van der Waals surface area contributed by atoms with Crippen LogP contribution in [0.15, 0.2) is 58.5 Å². The number of aromatic nitrogens is 3. The number of aliphatic imine (C=N–C) groups is 1. The van der Waals surface area contributed by atoms with Crippen LogP contribution in [0.5, 0.6) is 0 Å². The van der Waals surface area contributed by atoms with E-state index in [1.165, 1.54) is 11.1 Å². The zero-order valence-electron chi connectivity index (χ0n) is 18.4. The Hall–Kier alpha value is -3.13. The summed E-state index contributed by atoms with van der Waals surface area (Å²) in [6, 6.07) is 10.6. The van der Waals surface area contributed by atoms with Crippen LogP contribution in [0, 0.1) is 6.92 Å². The highest BCUT2D eigenvalue weighted by Gasteiger charge is 2.20. The Bertz CT molecular complexity index is 971. The maximum atomic E-state index is 4.94. The van der Waals surface area contributed by atoms with Crippen LogP contribution in [0.3, 0.4) is 0 Å². The first-order chi connectivity index (χ1) is 15.2. The third-order valence-corrected chi connectivity index (χ3v) is 5.56. The van der Waals surface area contributed by atoms with Crippen LogP contribution in [0.1, 0.15) is 29.6 Å². The number of rotatable bonds is 7. The highest BCUT2D eigenvalue weighted by atomic mass is 16.5. The molecule has 1 aliphatic heterocycles. The van der Waals surface area contributed by atoms with Crippen LogP contribution in [0.4, 0.5) is 0 Å². The lowest BCUT2D eigenvalue weighted by Crippen LogP contribution is -2.52. The van der Waals surface area contributed by atoms with Crippen LogP contribution in [0.25, 0.3) is 0 Å². The molecular formula is C23H31N7O. The van der Waals surface area contributed by atoms with Gasteiger partial charge in [-0.15, -0.1) is 0 Å². The second-order valence-corrected chi connectivity index (χ2v) is 7.85. The number of hydrogen-bond donors (Lipinski definition) is 1. The molecular weight excluding hydrogens is 390 g/mol. The number of guanidine groups is 1. The number of benzene rings is 1. The first-order valence-corrected chi connectivity index (χ1v) is 10.9. The third-order valence-electron chi connectivity index (χ3n) is 5.56. The molecule has 2 aromatic heterocycles. The molecule has 0 atom stereocenters. The molecule has 0 aliphatic carbocycles. The van der Waals surface area contributed by atoms with E-state index in [1.807, 2.05) is 25.4 Å². The molecule has 164 valence electrons. The minimum atomic E-state index is 0.665. The van der Waals surface area contributed by atoms with E-state index in [0.29, 0.717) is 6.54 Å². The van der Waals surface area contributed by atoms with Crippen molar-refractivity contribution in [3.8, 4) is 0 Å². The van der Waals surface area contributed by atoms with Crippen LogP contribution >= 0.6 is 0 Å². The van der Waals surface area contributed by atoms with E-state index < -0.39 is 0 Å². The Morgan fingerprint density at radius 3 is 2.68 bits per heavy atom. The van der Waals surface area contributed by atoms with Gasteiger partial charge >= 0.3 is 0 Å². The summed E-state index contributed by atoms with van der Waals surface area (Å²) in [4.78, 5) is 14.0. The predicted molar refractivity (Wildman–Crippen MR) is 121 cm³/mol. The van der Waals surface area contributed by atoms with Gasteiger partial charge in [-0.05, 0) is 25.0 Å². The van der Waals surface area contributed by atoms with Gasteiger partial charge in [-0.1, -0.05) is 29.4 Å². The van der Waals surface area contributed by atoms with E-state index in [1.54, 1.807) is 6.26 Å². The van der Waals surface area contributed by atoms with Crippen molar-refractivity contribution in [3.63, 3.8) is 0 Å². The lowest BCUT2D eigenvalue weighted by atomic mass is 10.1. The molecule has 1 aromatic carbocycles. The molecule has 0 spiro atoms. The molecule has 3 heterocycles. The maximum absolute atomic E-state index is 4.94. The number of aryl methyl sites for hydroxylation is 1. The fourth-order valence-corrected chi connectivity index (χ4v) is 3.85. The number of imidazole rings is 1. The number of nitrogens with zero attached hydrogens (tertiary/aromatic N) is 6. The molecule has 8 heteroatoms. The topological polar surface area (TPSA) is 74.7 Å². The quantitative estimate of drug-likeness (QED) is 0.467. The summed E-state index contributed by atoms with van der Waals surface area (Å²) in [5.74, 6) is 2.01. The average Bonchev–Trinajstić information content (AvgIpc) is 3.44. The van der Waals surface area contributed by atoms with E-state index in [2.05, 4.69) is 61.0 Å². The fourth-order valence-electron chi connectivity index (χ4n) is 3.85. The maximum Gasteiger partial charge on any atom is 0.194 e. The van der Waals surface area contributed by atoms with E-state index in [-0.39, 0.29) is 0 Å². The molecule has 1 fully saturated rings. The van der Waals surface area contributed by atoms with Crippen molar-refractivity contribution in [3.05, 3.63) is 71.6 Å². The molecule has 1 aliphatic rings. The Morgan fingerprint density at radius 2 is 1.97 bits per heavy atom. The summed E-state index contributed by atoms with van der Waals surface area (Å²) < 4.78 is 7.10. The van der Waals surface area contributed by atoms with Gasteiger partial charge in [-0.2, -0.15) is 0 Å². The van der Waals surface area contributed by atoms with Crippen LogP contribution in [-0.2, 0) is 19.6 Å². The van der Waals surface area contributed by atoms with Gasteiger partial charge in [0.1, 0.15) is 12.1 Å². The summed E-state index contributed by atoms with van der Waals surface area (Å²) in [6.07, 6.45) is 5.50. The molecule has 3 aromatic rings. The predicted octanol–water partition coefficient (Wildman–Crippen LogP) is 2.51. The molecule has 4 rings (SSSR count). The lowest BCUT2D eigenvalue weighted by molar-refractivity contribution is 0.169. The standard InChI is InChI=1S/C23H31N7O/c1-3-24-23(29-12-10-28(11-13-29)18-22-7-14-31-27-22)26-16-20-5-4-6-21(15-20)17-30-9-8-25-19(30)2/h4-9,14-15H,3,10-13,16-18H2,1-2H3,(H,24,26). The Balaban J connectivity index is 1.36. The summed E-state index contributed by atoms with van der Waals surface area (Å²) >= 11 is 0. The molecule has 0 amide bonds. The first kappa shape index (κ1) is 21.1. The normalized spacial score (nSPS) is 15.4. The molecule has 31 heavy (non-hydrogen) atoms. The molecule has 0 bridgehead atoms. The first-order valence-electron chi connectivity index (χ1n) is 10.9. The average molecular weight is 422 g/mol. The van der Waals surface area contributed by atoms with Crippen LogP contribution in [-0.4, -0.2) is 63.2 Å². The lowest BCUT2D eigenvalue weighted by Gasteiger charge is -2.36. The van der Waals surface area contributed by atoms with Gasteiger partial charge in [-0.3, -0.25) is 4.90 Å².